The van der Waals surface area contributed by atoms with E-state index >= 15 is 0 Å². The quantitative estimate of drug-likeness (QED) is 0.763. The van der Waals surface area contributed by atoms with E-state index in [0.717, 1.165) is 18.5 Å². The summed E-state index contributed by atoms with van der Waals surface area (Å²) < 4.78 is 0. The predicted octanol–water partition coefficient (Wildman–Crippen LogP) is 4.38. The summed E-state index contributed by atoms with van der Waals surface area (Å²) in [5, 5.41) is 3.75. The Morgan fingerprint density at radius 2 is 1.90 bits per heavy atom. The van der Waals surface area contributed by atoms with Crippen LogP contribution in [0.5, 0.6) is 0 Å². The van der Waals surface area contributed by atoms with Gasteiger partial charge in [0.1, 0.15) is 0 Å². The number of benzene rings is 1. The van der Waals surface area contributed by atoms with Crippen LogP contribution in [-0.2, 0) is 0 Å². The molecule has 0 spiro atoms. The first-order valence-corrected chi connectivity index (χ1v) is 8.79. The van der Waals surface area contributed by atoms with Gasteiger partial charge in [0.25, 0.3) is 0 Å². The standard InChI is InChI=1S/C19H32N2/c1-4-14-20-19-8-6-7-17(19)13-15-21(5-2)18-11-9-16(3)10-12-18/h9-12,17,19-20H,4-8,13-15H2,1-3H3. The molecule has 0 amide bonds. The zero-order valence-electron chi connectivity index (χ0n) is 14.1. The van der Waals surface area contributed by atoms with E-state index in [-0.39, 0.29) is 0 Å². The fraction of sp³-hybridized carbons (Fsp3) is 0.684. The van der Waals surface area contributed by atoms with Gasteiger partial charge >= 0.3 is 0 Å². The van der Waals surface area contributed by atoms with Gasteiger partial charge in [0, 0.05) is 24.8 Å². The normalized spacial score (nSPS) is 21.7. The first kappa shape index (κ1) is 16.4. The Balaban J connectivity index is 1.86. The second-order valence-electron chi connectivity index (χ2n) is 6.46. The zero-order valence-corrected chi connectivity index (χ0v) is 14.1. The van der Waals surface area contributed by atoms with Gasteiger partial charge in [-0.2, -0.15) is 0 Å². The molecule has 1 aromatic carbocycles. The third-order valence-electron chi connectivity index (χ3n) is 4.87. The van der Waals surface area contributed by atoms with Crippen LogP contribution in [0.15, 0.2) is 24.3 Å². The van der Waals surface area contributed by atoms with Crippen LogP contribution >= 0.6 is 0 Å². The van der Waals surface area contributed by atoms with E-state index in [1.54, 1.807) is 0 Å². The highest BCUT2D eigenvalue weighted by molar-refractivity contribution is 5.47. The van der Waals surface area contributed by atoms with Crippen molar-refractivity contribution in [3.05, 3.63) is 29.8 Å². The maximum absolute atomic E-state index is 3.75. The second kappa shape index (κ2) is 8.43. The molecule has 1 saturated carbocycles. The zero-order chi connectivity index (χ0) is 15.1. The molecule has 1 aliphatic carbocycles. The molecule has 2 heteroatoms. The Hall–Kier alpha value is -1.02. The maximum Gasteiger partial charge on any atom is 0.0366 e. The molecule has 0 bridgehead atoms. The van der Waals surface area contributed by atoms with Crippen LogP contribution in [0.25, 0.3) is 0 Å². The van der Waals surface area contributed by atoms with Crippen molar-refractivity contribution >= 4 is 5.69 Å². The Kier molecular flexibility index (Phi) is 6.56. The SMILES string of the molecule is CCCNC1CCCC1CCN(CC)c1ccc(C)cc1. The summed E-state index contributed by atoms with van der Waals surface area (Å²) in [6.45, 7) is 10.1. The Labute approximate surface area is 130 Å². The van der Waals surface area contributed by atoms with Gasteiger partial charge in [-0.1, -0.05) is 31.0 Å². The summed E-state index contributed by atoms with van der Waals surface area (Å²) in [5.74, 6) is 0.871. The smallest absolute Gasteiger partial charge is 0.0366 e. The molecular formula is C19H32N2. The molecule has 2 rings (SSSR count). The number of nitrogens with one attached hydrogen (secondary N) is 1. The molecule has 2 nitrogen and oxygen atoms in total. The minimum absolute atomic E-state index is 0.765. The third kappa shape index (κ3) is 4.74. The Morgan fingerprint density at radius 3 is 2.57 bits per heavy atom. The summed E-state index contributed by atoms with van der Waals surface area (Å²) in [7, 11) is 0. The average molecular weight is 288 g/mol. The fourth-order valence-electron chi connectivity index (χ4n) is 3.53. The molecule has 21 heavy (non-hydrogen) atoms. The van der Waals surface area contributed by atoms with E-state index in [1.807, 2.05) is 0 Å². The van der Waals surface area contributed by atoms with Crippen molar-refractivity contribution < 1.29 is 0 Å². The highest BCUT2D eigenvalue weighted by Crippen LogP contribution is 2.29. The second-order valence-corrected chi connectivity index (χ2v) is 6.46. The number of hydrogen-bond donors (Lipinski definition) is 1. The molecule has 1 aromatic rings. The lowest BCUT2D eigenvalue weighted by atomic mass is 9.99. The van der Waals surface area contributed by atoms with Crippen molar-refractivity contribution in [3.63, 3.8) is 0 Å². The number of anilines is 1. The van der Waals surface area contributed by atoms with E-state index in [2.05, 4.69) is 55.3 Å². The molecule has 1 fully saturated rings. The minimum Gasteiger partial charge on any atom is -0.372 e. The van der Waals surface area contributed by atoms with Crippen molar-refractivity contribution in [2.24, 2.45) is 5.92 Å². The van der Waals surface area contributed by atoms with Gasteiger partial charge in [-0.25, -0.2) is 0 Å². The molecule has 2 unspecified atom stereocenters. The van der Waals surface area contributed by atoms with E-state index in [1.165, 1.54) is 56.4 Å². The summed E-state index contributed by atoms with van der Waals surface area (Å²) in [6, 6.07) is 9.74. The molecule has 0 saturated heterocycles. The maximum atomic E-state index is 3.75. The topological polar surface area (TPSA) is 15.3 Å². The molecular weight excluding hydrogens is 256 g/mol. The number of aryl methyl sites for hydroxylation is 1. The average Bonchev–Trinajstić information content (AvgIpc) is 2.95. The van der Waals surface area contributed by atoms with Crippen LogP contribution in [0.1, 0.15) is 51.5 Å². The van der Waals surface area contributed by atoms with Crippen LogP contribution < -0.4 is 10.2 Å². The van der Waals surface area contributed by atoms with Gasteiger partial charge in [0.15, 0.2) is 0 Å². The summed E-state index contributed by atoms with van der Waals surface area (Å²) in [6.07, 6.45) is 6.76. The molecule has 118 valence electrons. The lowest BCUT2D eigenvalue weighted by molar-refractivity contribution is 0.380. The molecule has 0 radical (unpaired) electrons. The summed E-state index contributed by atoms with van der Waals surface area (Å²) in [5.41, 5.74) is 2.72. The molecule has 2 atom stereocenters. The van der Waals surface area contributed by atoms with Gasteiger partial charge < -0.3 is 10.2 Å². The molecule has 1 aliphatic rings. The third-order valence-corrected chi connectivity index (χ3v) is 4.87. The monoisotopic (exact) mass is 288 g/mol. The lowest BCUT2D eigenvalue weighted by Crippen LogP contribution is -2.35. The Bertz CT molecular complexity index is 399. The first-order chi connectivity index (χ1) is 10.2. The van der Waals surface area contributed by atoms with Crippen molar-refractivity contribution in [2.75, 3.05) is 24.5 Å². The minimum atomic E-state index is 0.765. The van der Waals surface area contributed by atoms with E-state index in [9.17, 15) is 0 Å². The largest absolute Gasteiger partial charge is 0.372 e. The highest BCUT2D eigenvalue weighted by Gasteiger charge is 2.26. The van der Waals surface area contributed by atoms with Crippen molar-refractivity contribution in [2.45, 2.75) is 58.9 Å². The first-order valence-electron chi connectivity index (χ1n) is 8.79. The van der Waals surface area contributed by atoms with Gasteiger partial charge in [-0.3, -0.25) is 0 Å². The lowest BCUT2D eigenvalue weighted by Gasteiger charge is -2.27. The molecule has 0 aliphatic heterocycles. The summed E-state index contributed by atoms with van der Waals surface area (Å²) >= 11 is 0. The van der Waals surface area contributed by atoms with Crippen LogP contribution in [0.4, 0.5) is 5.69 Å². The van der Waals surface area contributed by atoms with Crippen molar-refractivity contribution in [1.82, 2.24) is 5.32 Å². The van der Waals surface area contributed by atoms with Crippen LogP contribution in [0, 0.1) is 12.8 Å². The van der Waals surface area contributed by atoms with Crippen molar-refractivity contribution in [3.8, 4) is 0 Å². The van der Waals surface area contributed by atoms with Crippen LogP contribution in [-0.4, -0.2) is 25.7 Å². The predicted molar refractivity (Wildman–Crippen MR) is 93.1 cm³/mol. The van der Waals surface area contributed by atoms with Gasteiger partial charge in [-0.15, -0.1) is 0 Å². The number of hydrogen-bond acceptors (Lipinski definition) is 2. The van der Waals surface area contributed by atoms with Crippen LogP contribution in [0.2, 0.25) is 0 Å². The summed E-state index contributed by atoms with van der Waals surface area (Å²) in [4.78, 5) is 2.52. The van der Waals surface area contributed by atoms with E-state index in [4.69, 9.17) is 0 Å². The van der Waals surface area contributed by atoms with Crippen LogP contribution in [0.3, 0.4) is 0 Å². The fourth-order valence-corrected chi connectivity index (χ4v) is 3.53. The highest BCUT2D eigenvalue weighted by atomic mass is 15.1. The Morgan fingerprint density at radius 1 is 1.14 bits per heavy atom. The number of rotatable bonds is 8. The molecule has 1 N–H and O–H groups in total. The van der Waals surface area contributed by atoms with Gasteiger partial charge in [0.2, 0.25) is 0 Å². The van der Waals surface area contributed by atoms with Crippen molar-refractivity contribution in [1.29, 1.82) is 0 Å². The van der Waals surface area contributed by atoms with Gasteiger partial charge in [0.05, 0.1) is 0 Å². The molecule has 0 aromatic heterocycles. The van der Waals surface area contributed by atoms with E-state index < -0.39 is 0 Å². The van der Waals surface area contributed by atoms with E-state index in [0.29, 0.717) is 0 Å². The van der Waals surface area contributed by atoms with Gasteiger partial charge in [-0.05, 0) is 64.1 Å². The number of nitrogens with zero attached hydrogens (tertiary/aromatic N) is 1. The molecule has 0 heterocycles.